The van der Waals surface area contributed by atoms with Crippen molar-refractivity contribution >= 4 is 11.6 Å². The molecule has 3 rings (SSSR count). The Balaban J connectivity index is 2.02. The zero-order valence-electron chi connectivity index (χ0n) is 12.8. The fraction of sp³-hybridized carbons (Fsp3) is 0.111. The van der Waals surface area contributed by atoms with Gasteiger partial charge in [0.05, 0.1) is 7.11 Å². The lowest BCUT2D eigenvalue weighted by molar-refractivity contribution is 0.399. The van der Waals surface area contributed by atoms with Crippen LogP contribution in [0.1, 0.15) is 5.56 Å². The lowest BCUT2D eigenvalue weighted by atomic mass is 10.1. The fourth-order valence-corrected chi connectivity index (χ4v) is 2.35. The summed E-state index contributed by atoms with van der Waals surface area (Å²) in [5, 5.41) is 0.701. The number of ether oxygens (including phenoxy) is 2. The normalized spacial score (nSPS) is 10.4. The van der Waals surface area contributed by atoms with Crippen molar-refractivity contribution < 1.29 is 9.47 Å². The summed E-state index contributed by atoms with van der Waals surface area (Å²) in [6.07, 6.45) is 3.37. The second kappa shape index (κ2) is 6.67. The molecule has 5 heteroatoms. The van der Waals surface area contributed by atoms with Gasteiger partial charge in [-0.1, -0.05) is 11.6 Å². The summed E-state index contributed by atoms with van der Waals surface area (Å²) in [6.45, 7) is 1.93. The predicted molar refractivity (Wildman–Crippen MR) is 90.3 cm³/mol. The topological polar surface area (TPSA) is 44.2 Å². The Kier molecular flexibility index (Phi) is 4.44. The van der Waals surface area contributed by atoms with Gasteiger partial charge in [-0.2, -0.15) is 0 Å². The molecule has 0 aliphatic heterocycles. The maximum atomic E-state index is 6.05. The number of hydrogen-bond acceptors (Lipinski definition) is 4. The minimum absolute atomic E-state index is 0.487. The van der Waals surface area contributed by atoms with Gasteiger partial charge in [0.1, 0.15) is 5.75 Å². The van der Waals surface area contributed by atoms with Gasteiger partial charge in [0.25, 0.3) is 0 Å². The van der Waals surface area contributed by atoms with Gasteiger partial charge in [-0.15, -0.1) is 0 Å². The summed E-state index contributed by atoms with van der Waals surface area (Å²) in [5.74, 6) is 1.69. The molecule has 0 amide bonds. The molecule has 0 aliphatic rings. The van der Waals surface area contributed by atoms with Gasteiger partial charge < -0.3 is 9.47 Å². The van der Waals surface area contributed by atoms with Crippen molar-refractivity contribution in [3.8, 4) is 28.6 Å². The molecular weight excluding hydrogens is 312 g/mol. The van der Waals surface area contributed by atoms with E-state index in [2.05, 4.69) is 9.97 Å². The molecule has 0 spiro atoms. The third-order valence-electron chi connectivity index (χ3n) is 3.37. The summed E-state index contributed by atoms with van der Waals surface area (Å²) in [7, 11) is 1.59. The molecule has 0 aliphatic carbocycles. The minimum atomic E-state index is 0.487. The maximum absolute atomic E-state index is 6.05. The molecule has 116 valence electrons. The van der Waals surface area contributed by atoms with Crippen LogP contribution in [0, 0.1) is 6.92 Å². The molecule has 0 bridgehead atoms. The molecule has 1 aromatic carbocycles. The summed E-state index contributed by atoms with van der Waals surface area (Å²) in [4.78, 5) is 8.56. The Labute approximate surface area is 139 Å². The maximum Gasteiger partial charge on any atom is 0.227 e. The van der Waals surface area contributed by atoms with Crippen molar-refractivity contribution in [2.75, 3.05) is 7.11 Å². The Hall–Kier alpha value is -2.59. The van der Waals surface area contributed by atoms with E-state index >= 15 is 0 Å². The Morgan fingerprint density at radius 3 is 2.22 bits per heavy atom. The number of methoxy groups -OCH3 is 1. The van der Waals surface area contributed by atoms with Crippen LogP contribution in [0.4, 0.5) is 0 Å². The van der Waals surface area contributed by atoms with Gasteiger partial charge in [-0.05, 0) is 55.0 Å². The van der Waals surface area contributed by atoms with E-state index in [1.165, 1.54) is 0 Å². The molecular formula is C18H15ClN2O2. The fourth-order valence-electron chi connectivity index (χ4n) is 2.23. The summed E-state index contributed by atoms with van der Waals surface area (Å²) >= 11 is 6.05. The van der Waals surface area contributed by atoms with Gasteiger partial charge >= 0.3 is 0 Å². The molecule has 0 unspecified atom stereocenters. The van der Waals surface area contributed by atoms with Gasteiger partial charge in [-0.3, -0.25) is 0 Å². The SMILES string of the molecule is COc1ncccc1-c1cccnc1Oc1ccc(Cl)c(C)c1. The lowest BCUT2D eigenvalue weighted by Gasteiger charge is -2.12. The summed E-state index contributed by atoms with van der Waals surface area (Å²) in [5.41, 5.74) is 2.58. The van der Waals surface area contributed by atoms with E-state index < -0.39 is 0 Å². The first kappa shape index (κ1) is 15.3. The average Bonchev–Trinajstić information content (AvgIpc) is 2.59. The smallest absolute Gasteiger partial charge is 0.227 e. The van der Waals surface area contributed by atoms with E-state index in [0.29, 0.717) is 22.5 Å². The van der Waals surface area contributed by atoms with E-state index in [-0.39, 0.29) is 0 Å². The highest BCUT2D eigenvalue weighted by Crippen LogP contribution is 2.36. The Morgan fingerprint density at radius 1 is 0.913 bits per heavy atom. The van der Waals surface area contributed by atoms with Crippen LogP contribution in [0.15, 0.2) is 54.9 Å². The lowest BCUT2D eigenvalue weighted by Crippen LogP contribution is -1.95. The number of rotatable bonds is 4. The van der Waals surface area contributed by atoms with Crippen LogP contribution in [-0.2, 0) is 0 Å². The van der Waals surface area contributed by atoms with E-state index in [0.717, 1.165) is 16.7 Å². The monoisotopic (exact) mass is 326 g/mol. The molecule has 0 radical (unpaired) electrons. The van der Waals surface area contributed by atoms with E-state index in [1.54, 1.807) is 25.6 Å². The largest absolute Gasteiger partial charge is 0.481 e. The number of nitrogens with zero attached hydrogens (tertiary/aromatic N) is 2. The van der Waals surface area contributed by atoms with Gasteiger partial charge in [0.2, 0.25) is 11.8 Å². The highest BCUT2D eigenvalue weighted by Gasteiger charge is 2.13. The zero-order chi connectivity index (χ0) is 16.2. The number of pyridine rings is 2. The number of aryl methyl sites for hydroxylation is 1. The first-order valence-corrected chi connectivity index (χ1v) is 7.45. The highest BCUT2D eigenvalue weighted by atomic mass is 35.5. The molecule has 2 heterocycles. The Morgan fingerprint density at radius 2 is 1.57 bits per heavy atom. The quantitative estimate of drug-likeness (QED) is 0.683. The van der Waals surface area contributed by atoms with Crippen molar-refractivity contribution in [1.29, 1.82) is 0 Å². The van der Waals surface area contributed by atoms with Crippen molar-refractivity contribution in [3.05, 3.63) is 65.4 Å². The van der Waals surface area contributed by atoms with Crippen LogP contribution < -0.4 is 9.47 Å². The van der Waals surface area contributed by atoms with Crippen molar-refractivity contribution in [3.63, 3.8) is 0 Å². The predicted octanol–water partition coefficient (Wildman–Crippen LogP) is 4.91. The molecule has 0 fully saturated rings. The molecule has 0 saturated heterocycles. The molecule has 2 aromatic heterocycles. The van der Waals surface area contributed by atoms with Crippen molar-refractivity contribution in [2.24, 2.45) is 0 Å². The van der Waals surface area contributed by atoms with Crippen molar-refractivity contribution in [2.45, 2.75) is 6.92 Å². The van der Waals surface area contributed by atoms with E-state index in [1.807, 2.05) is 43.3 Å². The molecule has 23 heavy (non-hydrogen) atoms. The number of hydrogen-bond donors (Lipinski definition) is 0. The summed E-state index contributed by atoms with van der Waals surface area (Å²) in [6, 6.07) is 13.0. The van der Waals surface area contributed by atoms with E-state index in [4.69, 9.17) is 21.1 Å². The minimum Gasteiger partial charge on any atom is -0.481 e. The van der Waals surface area contributed by atoms with Gasteiger partial charge in [0, 0.05) is 28.5 Å². The first-order valence-electron chi connectivity index (χ1n) is 7.07. The van der Waals surface area contributed by atoms with Crippen LogP contribution >= 0.6 is 11.6 Å². The Bertz CT molecular complexity index is 837. The number of aromatic nitrogens is 2. The summed E-state index contributed by atoms with van der Waals surface area (Å²) < 4.78 is 11.3. The van der Waals surface area contributed by atoms with Crippen LogP contribution in [-0.4, -0.2) is 17.1 Å². The van der Waals surface area contributed by atoms with E-state index in [9.17, 15) is 0 Å². The third-order valence-corrected chi connectivity index (χ3v) is 3.79. The van der Waals surface area contributed by atoms with Crippen LogP contribution in [0.3, 0.4) is 0 Å². The standard InChI is InChI=1S/C18H15ClN2O2/c1-12-11-13(7-8-16(12)19)23-18-15(6-4-10-21-18)14-5-3-9-20-17(14)22-2/h3-11H,1-2H3. The van der Waals surface area contributed by atoms with Gasteiger partial charge in [0.15, 0.2) is 0 Å². The first-order chi connectivity index (χ1) is 11.2. The molecule has 0 saturated carbocycles. The van der Waals surface area contributed by atoms with Crippen LogP contribution in [0.5, 0.6) is 17.5 Å². The van der Waals surface area contributed by atoms with Gasteiger partial charge in [-0.25, -0.2) is 9.97 Å². The molecule has 0 N–H and O–H groups in total. The second-order valence-electron chi connectivity index (χ2n) is 4.93. The van der Waals surface area contributed by atoms with Crippen LogP contribution in [0.2, 0.25) is 5.02 Å². The highest BCUT2D eigenvalue weighted by molar-refractivity contribution is 6.31. The average molecular weight is 327 g/mol. The van der Waals surface area contributed by atoms with Crippen molar-refractivity contribution in [1.82, 2.24) is 9.97 Å². The molecule has 0 atom stereocenters. The number of benzene rings is 1. The van der Waals surface area contributed by atoms with Crippen LogP contribution in [0.25, 0.3) is 11.1 Å². The molecule has 4 nitrogen and oxygen atoms in total. The zero-order valence-corrected chi connectivity index (χ0v) is 13.5. The third kappa shape index (κ3) is 3.27. The second-order valence-corrected chi connectivity index (χ2v) is 5.34. The number of halogens is 1. The molecule has 3 aromatic rings.